The summed E-state index contributed by atoms with van der Waals surface area (Å²) in [6, 6.07) is 18.2. The molecule has 1 N–H and O–H groups in total. The first-order chi connectivity index (χ1) is 19.5. The molecule has 1 aliphatic rings. The number of nitrogens with zero attached hydrogens (tertiary/aromatic N) is 2. The predicted octanol–water partition coefficient (Wildman–Crippen LogP) is 5.94. The molecule has 41 heavy (non-hydrogen) atoms. The highest BCUT2D eigenvalue weighted by Crippen LogP contribution is 2.27. The maximum atomic E-state index is 14.1. The van der Waals surface area contributed by atoms with E-state index in [-0.39, 0.29) is 23.4 Å². The summed E-state index contributed by atoms with van der Waals surface area (Å²) < 4.78 is 29.1. The summed E-state index contributed by atoms with van der Waals surface area (Å²) in [5.41, 5.74) is 4.15. The van der Waals surface area contributed by atoms with E-state index in [0.29, 0.717) is 10.7 Å². The molecule has 0 saturated heterocycles. The number of hydrogen-bond donors (Lipinski definition) is 1. The molecule has 7 nitrogen and oxygen atoms in total. The Morgan fingerprint density at radius 3 is 2.27 bits per heavy atom. The molecule has 0 aliphatic heterocycles. The van der Waals surface area contributed by atoms with Crippen molar-refractivity contribution in [3.8, 4) is 0 Å². The third-order valence-corrected chi connectivity index (χ3v) is 9.80. The van der Waals surface area contributed by atoms with Gasteiger partial charge in [0.15, 0.2) is 0 Å². The Hall–Kier alpha value is -3.36. The molecule has 1 aliphatic carbocycles. The van der Waals surface area contributed by atoms with E-state index in [2.05, 4.69) is 5.32 Å². The zero-order valence-electron chi connectivity index (χ0n) is 24.1. The lowest BCUT2D eigenvalue weighted by atomic mass is 10.1. The largest absolute Gasteiger partial charge is 0.352 e. The Kier molecular flexibility index (Phi) is 9.76. The molecule has 0 aromatic heterocycles. The van der Waals surface area contributed by atoms with Crippen molar-refractivity contribution in [2.45, 2.75) is 76.9 Å². The number of carbonyl (C=O) groups is 2. The second kappa shape index (κ2) is 13.1. The molecule has 3 aromatic rings. The maximum absolute atomic E-state index is 14.1. The second-order valence-corrected chi connectivity index (χ2v) is 13.2. The molecule has 3 aromatic carbocycles. The first-order valence-corrected chi connectivity index (χ1v) is 15.8. The molecule has 1 saturated carbocycles. The fourth-order valence-electron chi connectivity index (χ4n) is 5.13. The van der Waals surface area contributed by atoms with E-state index < -0.39 is 28.5 Å². The van der Waals surface area contributed by atoms with Crippen LogP contribution in [-0.4, -0.2) is 43.8 Å². The number of hydrogen-bond acceptors (Lipinski definition) is 4. The molecule has 218 valence electrons. The normalized spacial score (nSPS) is 14.5. The van der Waals surface area contributed by atoms with Gasteiger partial charge in [-0.2, -0.15) is 0 Å². The number of aryl methyl sites for hydroxylation is 3. The van der Waals surface area contributed by atoms with Gasteiger partial charge in [0.25, 0.3) is 10.0 Å². The van der Waals surface area contributed by atoms with Crippen LogP contribution in [0.3, 0.4) is 0 Å². The Morgan fingerprint density at radius 1 is 0.951 bits per heavy atom. The summed E-state index contributed by atoms with van der Waals surface area (Å²) in [4.78, 5) is 28.9. The number of anilines is 1. The van der Waals surface area contributed by atoms with Crippen LogP contribution < -0.4 is 9.62 Å². The fourth-order valence-corrected chi connectivity index (χ4v) is 6.66. The van der Waals surface area contributed by atoms with Crippen molar-refractivity contribution in [3.63, 3.8) is 0 Å². The quantitative estimate of drug-likeness (QED) is 0.314. The van der Waals surface area contributed by atoms with Crippen molar-refractivity contribution in [1.29, 1.82) is 0 Å². The molecular formula is C32H38ClN3O4S. The minimum Gasteiger partial charge on any atom is -0.352 e. The van der Waals surface area contributed by atoms with Crippen molar-refractivity contribution in [3.05, 3.63) is 94.0 Å². The lowest BCUT2D eigenvalue weighted by Crippen LogP contribution is -2.52. The van der Waals surface area contributed by atoms with Crippen molar-refractivity contribution in [2.24, 2.45) is 0 Å². The van der Waals surface area contributed by atoms with Crippen molar-refractivity contribution in [1.82, 2.24) is 10.2 Å². The van der Waals surface area contributed by atoms with Gasteiger partial charge in [-0.05, 0) is 93.6 Å². The Labute approximate surface area is 248 Å². The lowest BCUT2D eigenvalue weighted by Gasteiger charge is -2.32. The highest BCUT2D eigenvalue weighted by atomic mass is 35.5. The zero-order chi connectivity index (χ0) is 29.7. The summed E-state index contributed by atoms with van der Waals surface area (Å²) in [5, 5.41) is 3.50. The van der Waals surface area contributed by atoms with E-state index in [0.717, 1.165) is 52.2 Å². The Balaban J connectivity index is 1.70. The number of nitrogens with one attached hydrogen (secondary N) is 1. The van der Waals surface area contributed by atoms with Gasteiger partial charge in [0, 0.05) is 17.6 Å². The Bertz CT molecular complexity index is 1500. The number of halogens is 1. The molecule has 0 spiro atoms. The zero-order valence-corrected chi connectivity index (χ0v) is 25.6. The monoisotopic (exact) mass is 595 g/mol. The van der Waals surface area contributed by atoms with Gasteiger partial charge in [-0.3, -0.25) is 13.9 Å². The van der Waals surface area contributed by atoms with Gasteiger partial charge < -0.3 is 10.2 Å². The van der Waals surface area contributed by atoms with Gasteiger partial charge in [-0.25, -0.2) is 8.42 Å². The van der Waals surface area contributed by atoms with E-state index >= 15 is 0 Å². The van der Waals surface area contributed by atoms with Crippen LogP contribution in [-0.2, 0) is 26.2 Å². The summed E-state index contributed by atoms with van der Waals surface area (Å²) in [6.45, 7) is 7.20. The van der Waals surface area contributed by atoms with Gasteiger partial charge in [0.05, 0.1) is 10.6 Å². The van der Waals surface area contributed by atoms with Gasteiger partial charge >= 0.3 is 0 Å². The molecule has 0 radical (unpaired) electrons. The van der Waals surface area contributed by atoms with E-state index in [4.69, 9.17) is 11.6 Å². The van der Waals surface area contributed by atoms with Gasteiger partial charge in [0.2, 0.25) is 11.8 Å². The predicted molar refractivity (Wildman–Crippen MR) is 163 cm³/mol. The van der Waals surface area contributed by atoms with Crippen molar-refractivity contribution in [2.75, 3.05) is 10.8 Å². The van der Waals surface area contributed by atoms with Crippen LogP contribution in [0.5, 0.6) is 0 Å². The van der Waals surface area contributed by atoms with Crippen LogP contribution in [0.1, 0.15) is 54.9 Å². The highest BCUT2D eigenvalue weighted by molar-refractivity contribution is 7.92. The first-order valence-electron chi connectivity index (χ1n) is 14.0. The van der Waals surface area contributed by atoms with Crippen LogP contribution in [0, 0.1) is 20.8 Å². The molecule has 1 fully saturated rings. The molecular weight excluding hydrogens is 558 g/mol. The number of benzene rings is 3. The molecule has 0 bridgehead atoms. The smallest absolute Gasteiger partial charge is 0.264 e. The van der Waals surface area contributed by atoms with Crippen LogP contribution in [0.2, 0.25) is 5.02 Å². The number of amides is 2. The van der Waals surface area contributed by atoms with Gasteiger partial charge in [-0.1, -0.05) is 60.3 Å². The van der Waals surface area contributed by atoms with Gasteiger partial charge in [-0.15, -0.1) is 0 Å². The molecule has 9 heteroatoms. The van der Waals surface area contributed by atoms with Crippen molar-refractivity contribution < 1.29 is 18.0 Å². The van der Waals surface area contributed by atoms with Gasteiger partial charge in [0.1, 0.15) is 12.6 Å². The highest BCUT2D eigenvalue weighted by Gasteiger charge is 2.33. The Morgan fingerprint density at radius 2 is 1.63 bits per heavy atom. The minimum atomic E-state index is -4.15. The van der Waals surface area contributed by atoms with E-state index in [1.54, 1.807) is 19.1 Å². The second-order valence-electron chi connectivity index (χ2n) is 10.9. The summed E-state index contributed by atoms with van der Waals surface area (Å²) in [5.74, 6) is -0.715. The fraction of sp³-hybridized carbons (Fsp3) is 0.375. The van der Waals surface area contributed by atoms with Crippen LogP contribution in [0.4, 0.5) is 5.69 Å². The number of rotatable bonds is 10. The summed E-state index contributed by atoms with van der Waals surface area (Å²) >= 11 is 6.03. The average molecular weight is 596 g/mol. The molecule has 0 heterocycles. The molecule has 4 rings (SSSR count). The average Bonchev–Trinajstić information content (AvgIpc) is 3.44. The first kappa shape index (κ1) is 30.6. The van der Waals surface area contributed by atoms with Crippen molar-refractivity contribution >= 4 is 39.1 Å². The lowest BCUT2D eigenvalue weighted by molar-refractivity contribution is -0.139. The summed E-state index contributed by atoms with van der Waals surface area (Å²) in [7, 11) is -4.15. The van der Waals surface area contributed by atoms with E-state index in [1.165, 1.54) is 29.2 Å². The molecule has 2 amide bonds. The standard InChI is InChI=1S/C32H38ClN3O4S/c1-22-8-7-9-26(18-22)20-35(25(4)32(38)34-28-10-5-6-11-28)31(37)21-36(29-15-12-23(2)24(3)19-29)41(39,40)30-16-13-27(33)14-17-30/h7-9,12-19,25,28H,5-6,10-11,20-21H2,1-4H3,(H,34,38)/t25-/m0/s1. The van der Waals surface area contributed by atoms with Crippen LogP contribution >= 0.6 is 11.6 Å². The minimum absolute atomic E-state index is 0.0187. The van der Waals surface area contributed by atoms with Crippen LogP contribution in [0.25, 0.3) is 0 Å². The number of sulfonamides is 1. The van der Waals surface area contributed by atoms with E-state index in [1.807, 2.05) is 51.1 Å². The maximum Gasteiger partial charge on any atom is 0.264 e. The third kappa shape index (κ3) is 7.49. The molecule has 1 atom stereocenters. The summed E-state index contributed by atoms with van der Waals surface area (Å²) in [6.07, 6.45) is 3.98. The third-order valence-electron chi connectivity index (χ3n) is 7.76. The molecule has 0 unspecified atom stereocenters. The SMILES string of the molecule is Cc1cccc(CN(C(=O)CN(c2ccc(C)c(C)c2)S(=O)(=O)c2ccc(Cl)cc2)[C@@H](C)C(=O)NC2CCCC2)c1. The van der Waals surface area contributed by atoms with E-state index in [9.17, 15) is 18.0 Å². The topological polar surface area (TPSA) is 86.8 Å². The number of carbonyl (C=O) groups excluding carboxylic acids is 2. The van der Waals surface area contributed by atoms with Crippen LogP contribution in [0.15, 0.2) is 71.6 Å².